The third kappa shape index (κ3) is 7.84. The molecule has 0 spiro atoms. The van der Waals surface area contributed by atoms with Crippen LogP contribution in [0.3, 0.4) is 0 Å². The minimum atomic E-state index is 0.443. The van der Waals surface area contributed by atoms with E-state index >= 15 is 0 Å². The second-order valence-corrected chi connectivity index (χ2v) is 5.94. The molecule has 92 valence electrons. The summed E-state index contributed by atoms with van der Waals surface area (Å²) >= 11 is 0. The maximum atomic E-state index is 3.64. The van der Waals surface area contributed by atoms with Crippen molar-refractivity contribution in [3.8, 4) is 0 Å². The van der Waals surface area contributed by atoms with Crippen molar-refractivity contribution < 1.29 is 0 Å². The topological polar surface area (TPSA) is 12.0 Å². The van der Waals surface area contributed by atoms with Gasteiger partial charge in [-0.25, -0.2) is 0 Å². The van der Waals surface area contributed by atoms with Crippen LogP contribution in [0.25, 0.3) is 0 Å². The normalized spacial score (nSPS) is 14.6. The van der Waals surface area contributed by atoms with Gasteiger partial charge in [-0.3, -0.25) is 0 Å². The van der Waals surface area contributed by atoms with E-state index in [4.69, 9.17) is 0 Å². The van der Waals surface area contributed by atoms with Crippen molar-refractivity contribution in [2.24, 2.45) is 11.3 Å². The molecule has 0 aliphatic heterocycles. The molecule has 1 atom stereocenters. The van der Waals surface area contributed by atoms with Crippen molar-refractivity contribution in [2.75, 3.05) is 6.54 Å². The summed E-state index contributed by atoms with van der Waals surface area (Å²) in [4.78, 5) is 0. The fourth-order valence-corrected chi connectivity index (χ4v) is 2.29. The largest absolute Gasteiger partial charge is 0.314 e. The predicted molar refractivity (Wildman–Crippen MR) is 70.2 cm³/mol. The smallest absolute Gasteiger partial charge is 0.00745 e. The molecule has 1 N–H and O–H groups in total. The number of hydrogen-bond acceptors (Lipinski definition) is 1. The van der Waals surface area contributed by atoms with E-state index in [9.17, 15) is 0 Å². The van der Waals surface area contributed by atoms with Crippen molar-refractivity contribution in [2.45, 2.75) is 73.3 Å². The highest BCUT2D eigenvalue weighted by atomic mass is 14.9. The quantitative estimate of drug-likeness (QED) is 0.667. The Morgan fingerprint density at radius 1 is 1.00 bits per heavy atom. The number of nitrogens with one attached hydrogen (secondary N) is 1. The predicted octanol–water partition coefficient (Wildman–Crippen LogP) is 4.23. The van der Waals surface area contributed by atoms with Gasteiger partial charge in [0.15, 0.2) is 0 Å². The molecule has 1 nitrogen and oxygen atoms in total. The molecule has 0 aromatic carbocycles. The van der Waals surface area contributed by atoms with Gasteiger partial charge in [-0.15, -0.1) is 0 Å². The third-order valence-electron chi connectivity index (χ3n) is 3.12. The Kier molecular flexibility index (Phi) is 7.25. The average Bonchev–Trinajstić information content (AvgIpc) is 2.11. The Bertz CT molecular complexity index is 142. The zero-order valence-corrected chi connectivity index (χ0v) is 11.7. The van der Waals surface area contributed by atoms with Crippen molar-refractivity contribution in [1.82, 2.24) is 5.32 Å². The molecular formula is C14H31N. The summed E-state index contributed by atoms with van der Waals surface area (Å²) in [6.07, 6.45) is 5.28. The van der Waals surface area contributed by atoms with Crippen molar-refractivity contribution in [1.29, 1.82) is 0 Å². The van der Waals surface area contributed by atoms with Gasteiger partial charge in [-0.05, 0) is 30.7 Å². The van der Waals surface area contributed by atoms with E-state index in [1.165, 1.54) is 25.7 Å². The Hall–Kier alpha value is -0.0400. The monoisotopic (exact) mass is 213 g/mol. The van der Waals surface area contributed by atoms with Crippen LogP contribution in [0.5, 0.6) is 0 Å². The maximum Gasteiger partial charge on any atom is 0.00745 e. The van der Waals surface area contributed by atoms with E-state index < -0.39 is 0 Å². The summed E-state index contributed by atoms with van der Waals surface area (Å²) in [5.41, 5.74) is 0.443. The Morgan fingerprint density at radius 3 is 1.87 bits per heavy atom. The molecule has 0 aliphatic rings. The minimum absolute atomic E-state index is 0.443. The molecule has 0 aliphatic carbocycles. The van der Waals surface area contributed by atoms with Gasteiger partial charge in [0.05, 0.1) is 0 Å². The lowest BCUT2D eigenvalue weighted by molar-refractivity contribution is 0.268. The Labute approximate surface area is 97.0 Å². The molecule has 1 unspecified atom stereocenters. The fraction of sp³-hybridized carbons (Fsp3) is 1.00. The molecule has 0 amide bonds. The summed E-state index contributed by atoms with van der Waals surface area (Å²) in [7, 11) is 0. The molecule has 0 rings (SSSR count). The summed E-state index contributed by atoms with van der Waals surface area (Å²) in [5, 5.41) is 3.64. The molecule has 15 heavy (non-hydrogen) atoms. The van der Waals surface area contributed by atoms with E-state index in [2.05, 4.69) is 46.9 Å². The van der Waals surface area contributed by atoms with Gasteiger partial charge in [0.1, 0.15) is 0 Å². The van der Waals surface area contributed by atoms with E-state index in [1.807, 2.05) is 0 Å². The second kappa shape index (κ2) is 7.27. The van der Waals surface area contributed by atoms with Gasteiger partial charge in [-0.2, -0.15) is 0 Å². The van der Waals surface area contributed by atoms with Gasteiger partial charge in [0.25, 0.3) is 0 Å². The third-order valence-corrected chi connectivity index (χ3v) is 3.12. The lowest BCUT2D eigenvalue weighted by Gasteiger charge is -2.29. The highest BCUT2D eigenvalue weighted by Crippen LogP contribution is 2.25. The van der Waals surface area contributed by atoms with Gasteiger partial charge in [0, 0.05) is 6.04 Å². The van der Waals surface area contributed by atoms with Crippen LogP contribution >= 0.6 is 0 Å². The molecule has 0 aromatic rings. The van der Waals surface area contributed by atoms with Gasteiger partial charge >= 0.3 is 0 Å². The molecule has 0 bridgehead atoms. The Morgan fingerprint density at radius 2 is 1.53 bits per heavy atom. The van der Waals surface area contributed by atoms with Gasteiger partial charge < -0.3 is 5.32 Å². The van der Waals surface area contributed by atoms with Crippen LogP contribution in [-0.2, 0) is 0 Å². The molecule has 0 heterocycles. The molecule has 1 heteroatoms. The molecule has 0 saturated heterocycles. The first-order valence-electron chi connectivity index (χ1n) is 6.66. The molecule has 0 aromatic heterocycles. The van der Waals surface area contributed by atoms with Crippen LogP contribution in [0.1, 0.15) is 67.2 Å². The first-order chi connectivity index (χ1) is 6.92. The van der Waals surface area contributed by atoms with Gasteiger partial charge in [0.2, 0.25) is 0 Å². The van der Waals surface area contributed by atoms with Gasteiger partial charge in [-0.1, -0.05) is 54.4 Å². The highest BCUT2D eigenvalue weighted by molar-refractivity contribution is 4.76. The van der Waals surface area contributed by atoms with Crippen LogP contribution < -0.4 is 5.32 Å². The van der Waals surface area contributed by atoms with E-state index in [0.717, 1.165) is 12.5 Å². The lowest BCUT2D eigenvalue weighted by atomic mass is 9.83. The minimum Gasteiger partial charge on any atom is -0.314 e. The SMILES string of the molecule is CCNC(CC(CC)CC)CC(C)(C)C. The number of rotatable bonds is 7. The van der Waals surface area contributed by atoms with E-state index in [1.54, 1.807) is 0 Å². The molecule has 0 saturated carbocycles. The van der Waals surface area contributed by atoms with Crippen LogP contribution in [-0.4, -0.2) is 12.6 Å². The maximum absolute atomic E-state index is 3.64. The molecule has 0 radical (unpaired) electrons. The zero-order chi connectivity index (χ0) is 11.9. The fourth-order valence-electron chi connectivity index (χ4n) is 2.29. The van der Waals surface area contributed by atoms with Crippen LogP contribution in [0.4, 0.5) is 0 Å². The van der Waals surface area contributed by atoms with E-state index in [0.29, 0.717) is 11.5 Å². The summed E-state index contributed by atoms with van der Waals surface area (Å²) in [6.45, 7) is 14.9. The van der Waals surface area contributed by atoms with Crippen molar-refractivity contribution >= 4 is 0 Å². The van der Waals surface area contributed by atoms with Crippen LogP contribution in [0.15, 0.2) is 0 Å². The van der Waals surface area contributed by atoms with Crippen molar-refractivity contribution in [3.63, 3.8) is 0 Å². The first kappa shape index (κ1) is 15.0. The summed E-state index contributed by atoms with van der Waals surface area (Å²) in [5.74, 6) is 0.899. The second-order valence-electron chi connectivity index (χ2n) is 5.94. The van der Waals surface area contributed by atoms with Crippen molar-refractivity contribution in [3.05, 3.63) is 0 Å². The summed E-state index contributed by atoms with van der Waals surface area (Å²) < 4.78 is 0. The zero-order valence-electron chi connectivity index (χ0n) is 11.7. The van der Waals surface area contributed by atoms with Crippen LogP contribution in [0, 0.1) is 11.3 Å². The highest BCUT2D eigenvalue weighted by Gasteiger charge is 2.20. The molecule has 0 fully saturated rings. The first-order valence-corrected chi connectivity index (χ1v) is 6.66. The Balaban J connectivity index is 4.14. The van der Waals surface area contributed by atoms with E-state index in [-0.39, 0.29) is 0 Å². The standard InChI is InChI=1S/C14H31N/c1-7-12(8-2)10-13(15-9-3)11-14(4,5)6/h12-13,15H,7-11H2,1-6H3. The average molecular weight is 213 g/mol. The number of hydrogen-bond donors (Lipinski definition) is 1. The van der Waals surface area contributed by atoms with Crippen LogP contribution in [0.2, 0.25) is 0 Å². The summed E-state index contributed by atoms with van der Waals surface area (Å²) in [6, 6.07) is 0.708. The molecular weight excluding hydrogens is 182 g/mol. The lowest BCUT2D eigenvalue weighted by Crippen LogP contribution is -2.34.